The Balaban J connectivity index is 2.15. The van der Waals surface area contributed by atoms with Gasteiger partial charge in [-0.3, -0.25) is 9.59 Å². The van der Waals surface area contributed by atoms with Crippen molar-refractivity contribution in [2.45, 2.75) is 59.5 Å². The average Bonchev–Trinajstić information content (AvgIpc) is 2.77. The van der Waals surface area contributed by atoms with Gasteiger partial charge in [-0.05, 0) is 71.4 Å². The number of nitrogens with one attached hydrogen (secondary N) is 1. The van der Waals surface area contributed by atoms with Crippen molar-refractivity contribution in [3.05, 3.63) is 63.6 Å². The Labute approximate surface area is 194 Å². The molecule has 0 aliphatic carbocycles. The Morgan fingerprint density at radius 2 is 1.90 bits per heavy atom. The lowest BCUT2D eigenvalue weighted by atomic mass is 10.1. The number of ether oxygens (including phenoxy) is 1. The maximum Gasteiger partial charge on any atom is 0.261 e. The van der Waals surface area contributed by atoms with Crippen LogP contribution in [-0.2, 0) is 22.6 Å². The molecular formula is C25H33BrN2O3. The van der Waals surface area contributed by atoms with E-state index in [2.05, 4.69) is 35.1 Å². The van der Waals surface area contributed by atoms with Gasteiger partial charge in [-0.1, -0.05) is 50.6 Å². The SMILES string of the molecule is CCCCNC(=O)[C@H](C)N(Cc1ccccc1C)C(=O)COc1ccc(CC)cc1Br. The van der Waals surface area contributed by atoms with E-state index in [1.54, 1.807) is 11.8 Å². The van der Waals surface area contributed by atoms with Crippen LogP contribution in [0.2, 0.25) is 0 Å². The minimum absolute atomic E-state index is 0.136. The van der Waals surface area contributed by atoms with E-state index in [1.165, 1.54) is 5.56 Å². The van der Waals surface area contributed by atoms with Gasteiger partial charge in [0.1, 0.15) is 11.8 Å². The predicted octanol–water partition coefficient (Wildman–Crippen LogP) is 5.03. The summed E-state index contributed by atoms with van der Waals surface area (Å²) >= 11 is 3.51. The molecule has 2 rings (SSSR count). The Kier molecular flexibility index (Phi) is 10.0. The summed E-state index contributed by atoms with van der Waals surface area (Å²) in [4.78, 5) is 27.4. The molecule has 0 saturated heterocycles. The van der Waals surface area contributed by atoms with Crippen LogP contribution >= 0.6 is 15.9 Å². The van der Waals surface area contributed by atoms with Crippen molar-refractivity contribution < 1.29 is 14.3 Å². The lowest BCUT2D eigenvalue weighted by molar-refractivity contribution is -0.142. The maximum atomic E-state index is 13.1. The van der Waals surface area contributed by atoms with Crippen molar-refractivity contribution in [1.29, 1.82) is 0 Å². The quantitative estimate of drug-likeness (QED) is 0.451. The number of amides is 2. The van der Waals surface area contributed by atoms with Crippen LogP contribution < -0.4 is 10.1 Å². The van der Waals surface area contributed by atoms with Gasteiger partial charge < -0.3 is 15.0 Å². The van der Waals surface area contributed by atoms with Gasteiger partial charge in [0, 0.05) is 13.1 Å². The fraction of sp³-hybridized carbons (Fsp3) is 0.440. The highest BCUT2D eigenvalue weighted by Gasteiger charge is 2.26. The summed E-state index contributed by atoms with van der Waals surface area (Å²) in [5.74, 6) is 0.234. The number of carbonyl (C=O) groups excluding carboxylic acids is 2. The van der Waals surface area contributed by atoms with E-state index in [0.29, 0.717) is 18.8 Å². The molecule has 0 aliphatic rings. The van der Waals surface area contributed by atoms with Crippen LogP contribution in [0, 0.1) is 6.92 Å². The monoisotopic (exact) mass is 488 g/mol. The number of aryl methyl sites for hydroxylation is 2. The number of rotatable bonds is 11. The van der Waals surface area contributed by atoms with Crippen molar-refractivity contribution in [2.24, 2.45) is 0 Å². The minimum atomic E-state index is -0.599. The number of halogens is 1. The van der Waals surface area contributed by atoms with Gasteiger partial charge >= 0.3 is 0 Å². The molecule has 2 aromatic rings. The van der Waals surface area contributed by atoms with Gasteiger partial charge in [0.2, 0.25) is 5.91 Å². The molecule has 0 bridgehead atoms. The van der Waals surface area contributed by atoms with Crippen LogP contribution in [0.15, 0.2) is 46.9 Å². The van der Waals surface area contributed by atoms with E-state index >= 15 is 0 Å². The summed E-state index contributed by atoms with van der Waals surface area (Å²) in [5, 5.41) is 2.93. The number of unbranched alkanes of at least 4 members (excludes halogenated alkanes) is 1. The van der Waals surface area contributed by atoms with Crippen molar-refractivity contribution in [3.63, 3.8) is 0 Å². The maximum absolute atomic E-state index is 13.1. The van der Waals surface area contributed by atoms with Crippen molar-refractivity contribution in [1.82, 2.24) is 10.2 Å². The van der Waals surface area contributed by atoms with Crippen LogP contribution in [0.3, 0.4) is 0 Å². The topological polar surface area (TPSA) is 58.6 Å². The van der Waals surface area contributed by atoms with Crippen LogP contribution in [0.4, 0.5) is 0 Å². The molecular weight excluding hydrogens is 456 g/mol. The van der Waals surface area contributed by atoms with Gasteiger partial charge in [-0.25, -0.2) is 0 Å². The molecule has 5 nitrogen and oxygen atoms in total. The number of hydrogen-bond donors (Lipinski definition) is 1. The first-order valence-corrected chi connectivity index (χ1v) is 11.7. The predicted molar refractivity (Wildman–Crippen MR) is 128 cm³/mol. The molecule has 31 heavy (non-hydrogen) atoms. The summed E-state index contributed by atoms with van der Waals surface area (Å²) in [6, 6.07) is 13.1. The van der Waals surface area contributed by atoms with Crippen LogP contribution in [0.1, 0.15) is 50.3 Å². The van der Waals surface area contributed by atoms with Crippen LogP contribution in [0.25, 0.3) is 0 Å². The molecule has 2 amide bonds. The molecule has 168 valence electrons. The molecule has 0 unspecified atom stereocenters. The molecule has 0 spiro atoms. The van der Waals surface area contributed by atoms with Gasteiger partial charge in [0.15, 0.2) is 6.61 Å². The first kappa shape index (κ1) is 24.9. The normalized spacial score (nSPS) is 11.6. The molecule has 2 aromatic carbocycles. The van der Waals surface area contributed by atoms with Crippen molar-refractivity contribution >= 4 is 27.7 Å². The zero-order valence-electron chi connectivity index (χ0n) is 18.9. The standard InChI is InChI=1S/C25H33BrN2O3/c1-5-7-14-27-25(30)19(4)28(16-21-11-9-8-10-18(21)3)24(29)17-31-23-13-12-20(6-2)15-22(23)26/h8-13,15,19H,5-7,14,16-17H2,1-4H3,(H,27,30)/t19-/m0/s1. The summed E-state index contributed by atoms with van der Waals surface area (Å²) in [5.41, 5.74) is 3.28. The van der Waals surface area contributed by atoms with E-state index < -0.39 is 6.04 Å². The summed E-state index contributed by atoms with van der Waals surface area (Å²) in [6.45, 7) is 8.76. The summed E-state index contributed by atoms with van der Waals surface area (Å²) < 4.78 is 6.62. The zero-order valence-corrected chi connectivity index (χ0v) is 20.5. The van der Waals surface area contributed by atoms with E-state index in [4.69, 9.17) is 4.74 Å². The highest BCUT2D eigenvalue weighted by Crippen LogP contribution is 2.26. The fourth-order valence-corrected chi connectivity index (χ4v) is 3.73. The molecule has 0 heterocycles. The van der Waals surface area contributed by atoms with Gasteiger partial charge in [-0.2, -0.15) is 0 Å². The minimum Gasteiger partial charge on any atom is -0.483 e. The van der Waals surface area contributed by atoms with Gasteiger partial charge in [0.05, 0.1) is 4.47 Å². The largest absolute Gasteiger partial charge is 0.483 e. The number of nitrogens with zero attached hydrogens (tertiary/aromatic N) is 1. The third-order valence-corrected chi connectivity index (χ3v) is 5.97. The molecule has 1 N–H and O–H groups in total. The second-order valence-electron chi connectivity index (χ2n) is 7.68. The second-order valence-corrected chi connectivity index (χ2v) is 8.53. The Bertz CT molecular complexity index is 885. The molecule has 0 radical (unpaired) electrons. The Hall–Kier alpha value is -2.34. The number of carbonyl (C=O) groups is 2. The molecule has 0 aliphatic heterocycles. The highest BCUT2D eigenvalue weighted by molar-refractivity contribution is 9.10. The first-order chi connectivity index (χ1) is 14.9. The first-order valence-electron chi connectivity index (χ1n) is 10.9. The second kappa shape index (κ2) is 12.5. The van der Waals surface area contributed by atoms with Crippen LogP contribution in [-0.4, -0.2) is 35.9 Å². The lowest BCUT2D eigenvalue weighted by Crippen LogP contribution is -2.49. The molecule has 6 heteroatoms. The smallest absolute Gasteiger partial charge is 0.261 e. The molecule has 0 aromatic heterocycles. The van der Waals surface area contributed by atoms with E-state index in [1.807, 2.05) is 49.4 Å². The molecule has 0 saturated carbocycles. The fourth-order valence-electron chi connectivity index (χ4n) is 3.19. The van der Waals surface area contributed by atoms with Crippen molar-refractivity contribution in [2.75, 3.05) is 13.2 Å². The van der Waals surface area contributed by atoms with E-state index in [9.17, 15) is 9.59 Å². The number of hydrogen-bond acceptors (Lipinski definition) is 3. The van der Waals surface area contributed by atoms with E-state index in [0.717, 1.165) is 34.9 Å². The third kappa shape index (κ3) is 7.39. The average molecular weight is 489 g/mol. The summed E-state index contributed by atoms with van der Waals surface area (Å²) in [6.07, 6.45) is 2.84. The Morgan fingerprint density at radius 3 is 2.55 bits per heavy atom. The lowest BCUT2D eigenvalue weighted by Gasteiger charge is -2.29. The van der Waals surface area contributed by atoms with E-state index in [-0.39, 0.29) is 18.4 Å². The van der Waals surface area contributed by atoms with Crippen LogP contribution in [0.5, 0.6) is 5.75 Å². The summed E-state index contributed by atoms with van der Waals surface area (Å²) in [7, 11) is 0. The highest BCUT2D eigenvalue weighted by atomic mass is 79.9. The van der Waals surface area contributed by atoms with Gasteiger partial charge in [-0.15, -0.1) is 0 Å². The van der Waals surface area contributed by atoms with Gasteiger partial charge in [0.25, 0.3) is 5.91 Å². The third-order valence-electron chi connectivity index (χ3n) is 5.35. The van der Waals surface area contributed by atoms with Crippen molar-refractivity contribution in [3.8, 4) is 5.75 Å². The Morgan fingerprint density at radius 1 is 1.16 bits per heavy atom. The zero-order chi connectivity index (χ0) is 22.8. The molecule has 1 atom stereocenters. The number of benzene rings is 2. The molecule has 0 fully saturated rings.